The molecule has 1 unspecified atom stereocenters. The summed E-state index contributed by atoms with van der Waals surface area (Å²) in [6.45, 7) is 5.83. The first-order chi connectivity index (χ1) is 11.7. The molecule has 0 radical (unpaired) electrons. The van der Waals surface area contributed by atoms with Crippen LogP contribution in [0.15, 0.2) is 12.1 Å². The van der Waals surface area contributed by atoms with E-state index in [1.54, 1.807) is 0 Å². The van der Waals surface area contributed by atoms with Gasteiger partial charge in [0.2, 0.25) is 5.91 Å². The second-order valence-electron chi connectivity index (χ2n) is 6.11. The van der Waals surface area contributed by atoms with Crippen molar-refractivity contribution in [2.24, 2.45) is 5.92 Å². The molecule has 24 heavy (non-hydrogen) atoms. The number of pyridine rings is 1. The number of Topliss-reactive ketones (excluding diaryl/α,β-unsaturated/α-hetero) is 1. The number of ether oxygens (including phenoxy) is 1. The van der Waals surface area contributed by atoms with Crippen LogP contribution in [0, 0.1) is 5.92 Å². The summed E-state index contributed by atoms with van der Waals surface area (Å²) >= 11 is 0. The lowest BCUT2D eigenvalue weighted by Crippen LogP contribution is -2.43. The van der Waals surface area contributed by atoms with Crippen LogP contribution >= 0.6 is 0 Å². The minimum Gasteiger partial charge on any atom is -0.382 e. The molecule has 0 bridgehead atoms. The Morgan fingerprint density at radius 2 is 2.21 bits per heavy atom. The van der Waals surface area contributed by atoms with Gasteiger partial charge in [-0.3, -0.25) is 9.59 Å². The number of morpholine rings is 1. The number of carbonyl (C=O) groups is 2. The first-order valence-electron chi connectivity index (χ1n) is 8.60. The zero-order chi connectivity index (χ0) is 16.9. The predicted octanol–water partition coefficient (Wildman–Crippen LogP) is 1.06. The van der Waals surface area contributed by atoms with E-state index in [0.717, 1.165) is 31.7 Å². The zero-order valence-electron chi connectivity index (χ0n) is 14.0. The van der Waals surface area contributed by atoms with Gasteiger partial charge < -0.3 is 20.3 Å². The van der Waals surface area contributed by atoms with Crippen molar-refractivity contribution in [1.82, 2.24) is 10.3 Å². The fraction of sp³-hybridized carbons (Fsp3) is 0.588. The fourth-order valence-corrected chi connectivity index (χ4v) is 2.94. The molecule has 2 aliphatic rings. The minimum absolute atomic E-state index is 0.201. The Balaban J connectivity index is 1.74. The average molecular weight is 332 g/mol. The molecule has 130 valence electrons. The van der Waals surface area contributed by atoms with Crippen molar-refractivity contribution in [3.05, 3.63) is 17.8 Å². The van der Waals surface area contributed by atoms with Crippen LogP contribution in [0.5, 0.6) is 0 Å². The molecule has 7 nitrogen and oxygen atoms in total. The minimum atomic E-state index is -0.707. The SMILES string of the molecule is CCCCNC(=O)C1CNc2ccc(N3CCOCC3)nc2C1=O. The van der Waals surface area contributed by atoms with Gasteiger partial charge in [0.05, 0.1) is 18.9 Å². The van der Waals surface area contributed by atoms with Crippen LogP contribution < -0.4 is 15.5 Å². The fourth-order valence-electron chi connectivity index (χ4n) is 2.94. The molecule has 3 rings (SSSR count). The van der Waals surface area contributed by atoms with Crippen LogP contribution in [-0.2, 0) is 9.53 Å². The van der Waals surface area contributed by atoms with E-state index < -0.39 is 5.92 Å². The summed E-state index contributed by atoms with van der Waals surface area (Å²) < 4.78 is 5.35. The smallest absolute Gasteiger partial charge is 0.232 e. The number of unbranched alkanes of at least 4 members (excludes halogenated alkanes) is 1. The van der Waals surface area contributed by atoms with Gasteiger partial charge in [-0.25, -0.2) is 4.98 Å². The molecule has 1 saturated heterocycles. The highest BCUT2D eigenvalue weighted by atomic mass is 16.5. The Hall–Kier alpha value is -2.15. The molecule has 0 spiro atoms. The molecule has 1 atom stereocenters. The Kier molecular flexibility index (Phi) is 5.30. The van der Waals surface area contributed by atoms with Crippen LogP contribution in [0.4, 0.5) is 11.5 Å². The monoisotopic (exact) mass is 332 g/mol. The van der Waals surface area contributed by atoms with Gasteiger partial charge in [-0.2, -0.15) is 0 Å². The molecule has 3 heterocycles. The largest absolute Gasteiger partial charge is 0.382 e. The lowest BCUT2D eigenvalue weighted by Gasteiger charge is -2.29. The maximum Gasteiger partial charge on any atom is 0.232 e. The van der Waals surface area contributed by atoms with Crippen molar-refractivity contribution in [3.63, 3.8) is 0 Å². The van der Waals surface area contributed by atoms with Gasteiger partial charge >= 0.3 is 0 Å². The van der Waals surface area contributed by atoms with Crippen molar-refractivity contribution in [2.45, 2.75) is 19.8 Å². The Morgan fingerprint density at radius 1 is 1.42 bits per heavy atom. The number of rotatable bonds is 5. The topological polar surface area (TPSA) is 83.6 Å². The molecule has 1 aromatic heterocycles. The second kappa shape index (κ2) is 7.61. The molecule has 2 aliphatic heterocycles. The van der Waals surface area contributed by atoms with E-state index in [0.29, 0.717) is 37.7 Å². The van der Waals surface area contributed by atoms with Crippen LogP contribution in [-0.4, -0.2) is 56.1 Å². The van der Waals surface area contributed by atoms with Crippen molar-refractivity contribution in [1.29, 1.82) is 0 Å². The van der Waals surface area contributed by atoms with Gasteiger partial charge in [-0.05, 0) is 18.6 Å². The molecule has 0 aliphatic carbocycles. The third-order valence-electron chi connectivity index (χ3n) is 4.41. The highest BCUT2D eigenvalue weighted by Gasteiger charge is 2.34. The molecular formula is C17H24N4O3. The molecule has 7 heteroatoms. The van der Waals surface area contributed by atoms with E-state index in [2.05, 4.69) is 27.4 Å². The summed E-state index contributed by atoms with van der Waals surface area (Å²) in [5.41, 5.74) is 1.07. The number of fused-ring (bicyclic) bond motifs is 1. The number of nitrogens with zero attached hydrogens (tertiary/aromatic N) is 2. The number of amides is 1. The van der Waals surface area contributed by atoms with Crippen molar-refractivity contribution in [2.75, 3.05) is 49.6 Å². The van der Waals surface area contributed by atoms with Gasteiger partial charge in [0.15, 0.2) is 5.78 Å². The Morgan fingerprint density at radius 3 is 2.96 bits per heavy atom. The number of hydrogen-bond donors (Lipinski definition) is 2. The molecule has 1 amide bonds. The van der Waals surface area contributed by atoms with E-state index >= 15 is 0 Å². The van der Waals surface area contributed by atoms with Gasteiger partial charge in [-0.1, -0.05) is 13.3 Å². The summed E-state index contributed by atoms with van der Waals surface area (Å²) in [5, 5.41) is 6.00. The number of carbonyl (C=O) groups excluding carboxylic acids is 2. The third-order valence-corrected chi connectivity index (χ3v) is 4.41. The van der Waals surface area contributed by atoms with Crippen LogP contribution in [0.2, 0.25) is 0 Å². The molecule has 1 fully saturated rings. The number of nitrogens with one attached hydrogen (secondary N) is 2. The van der Waals surface area contributed by atoms with Gasteiger partial charge in [0.25, 0.3) is 0 Å². The normalized spacial score (nSPS) is 20.3. The van der Waals surface area contributed by atoms with Crippen LogP contribution in [0.25, 0.3) is 0 Å². The average Bonchev–Trinajstić information content (AvgIpc) is 2.63. The highest BCUT2D eigenvalue weighted by Crippen LogP contribution is 2.26. The van der Waals surface area contributed by atoms with Crippen molar-refractivity contribution >= 4 is 23.2 Å². The van der Waals surface area contributed by atoms with Gasteiger partial charge in [0.1, 0.15) is 17.4 Å². The molecular weight excluding hydrogens is 308 g/mol. The Labute approximate surface area is 141 Å². The number of anilines is 2. The number of ketones is 1. The predicted molar refractivity (Wildman–Crippen MR) is 91.5 cm³/mol. The first kappa shape index (κ1) is 16.7. The summed E-state index contributed by atoms with van der Waals surface area (Å²) in [6, 6.07) is 3.78. The molecule has 0 saturated carbocycles. The van der Waals surface area contributed by atoms with Crippen molar-refractivity contribution in [3.8, 4) is 0 Å². The summed E-state index contributed by atoms with van der Waals surface area (Å²) in [7, 11) is 0. The van der Waals surface area contributed by atoms with Gasteiger partial charge in [0, 0.05) is 26.2 Å². The number of aromatic nitrogens is 1. The van der Waals surface area contributed by atoms with Crippen LogP contribution in [0.3, 0.4) is 0 Å². The lowest BCUT2D eigenvalue weighted by atomic mass is 9.95. The van der Waals surface area contributed by atoms with E-state index in [1.807, 2.05) is 12.1 Å². The molecule has 0 aromatic carbocycles. The van der Waals surface area contributed by atoms with Gasteiger partial charge in [-0.15, -0.1) is 0 Å². The third kappa shape index (κ3) is 3.51. The maximum absolute atomic E-state index is 12.7. The quantitative estimate of drug-likeness (QED) is 0.620. The van der Waals surface area contributed by atoms with Crippen LogP contribution in [0.1, 0.15) is 30.3 Å². The van der Waals surface area contributed by atoms with E-state index in [9.17, 15) is 9.59 Å². The molecule has 1 aromatic rings. The maximum atomic E-state index is 12.7. The second-order valence-corrected chi connectivity index (χ2v) is 6.11. The first-order valence-corrected chi connectivity index (χ1v) is 8.60. The van der Waals surface area contributed by atoms with E-state index in [-0.39, 0.29) is 11.7 Å². The highest BCUT2D eigenvalue weighted by molar-refractivity contribution is 6.13. The summed E-state index contributed by atoms with van der Waals surface area (Å²) in [4.78, 5) is 31.6. The zero-order valence-corrected chi connectivity index (χ0v) is 14.0. The number of hydrogen-bond acceptors (Lipinski definition) is 6. The molecule has 2 N–H and O–H groups in total. The lowest BCUT2D eigenvalue weighted by molar-refractivity contribution is -0.123. The van der Waals surface area contributed by atoms with Crippen molar-refractivity contribution < 1.29 is 14.3 Å². The van der Waals surface area contributed by atoms with E-state index in [1.165, 1.54) is 0 Å². The standard InChI is InChI=1S/C17H24N4O3/c1-2-3-6-18-17(23)12-11-19-13-4-5-14(20-15(13)16(12)22)21-7-9-24-10-8-21/h4-5,12,19H,2-3,6-11H2,1H3,(H,18,23). The van der Waals surface area contributed by atoms with E-state index in [4.69, 9.17) is 4.74 Å². The Bertz CT molecular complexity index is 614. The summed E-state index contributed by atoms with van der Waals surface area (Å²) in [5.74, 6) is -0.362. The summed E-state index contributed by atoms with van der Waals surface area (Å²) in [6.07, 6.45) is 1.92.